The van der Waals surface area contributed by atoms with E-state index in [4.69, 9.17) is 28.8 Å². The summed E-state index contributed by atoms with van der Waals surface area (Å²) < 4.78 is 15.1. The molecule has 7 heteroatoms. The molecule has 0 aliphatic carbocycles. The van der Waals surface area contributed by atoms with E-state index in [2.05, 4.69) is 66.7 Å². The molecule has 0 fully saturated rings. The van der Waals surface area contributed by atoms with Crippen LogP contribution in [0, 0.1) is 0 Å². The van der Waals surface area contributed by atoms with Crippen molar-refractivity contribution in [3.63, 3.8) is 0 Å². The molecule has 11 aromatic rings. The van der Waals surface area contributed by atoms with Gasteiger partial charge in [-0.2, -0.15) is 0 Å². The third kappa shape index (κ3) is 4.42. The van der Waals surface area contributed by atoms with Crippen molar-refractivity contribution in [1.29, 1.82) is 0 Å². The number of thiophene rings is 1. The minimum absolute atomic E-state index is 0.577. The first-order valence-corrected chi connectivity index (χ1v) is 17.5. The molecular formula is C44H24N4O2S. The molecule has 0 amide bonds. The molecule has 6 nitrogen and oxygen atoms in total. The van der Waals surface area contributed by atoms with Crippen molar-refractivity contribution < 1.29 is 8.83 Å². The predicted molar refractivity (Wildman–Crippen MR) is 207 cm³/mol. The van der Waals surface area contributed by atoms with Gasteiger partial charge in [-0.15, -0.1) is 11.3 Å². The highest BCUT2D eigenvalue weighted by Gasteiger charge is 2.20. The van der Waals surface area contributed by atoms with E-state index in [9.17, 15) is 0 Å². The number of aromatic nitrogens is 4. The second-order valence-electron chi connectivity index (χ2n) is 12.6. The Morgan fingerprint density at radius 1 is 0.412 bits per heavy atom. The van der Waals surface area contributed by atoms with Crippen LogP contribution in [0.1, 0.15) is 0 Å². The van der Waals surface area contributed by atoms with Crippen molar-refractivity contribution in [2.75, 3.05) is 0 Å². The van der Waals surface area contributed by atoms with Gasteiger partial charge in [0.05, 0.1) is 5.39 Å². The van der Waals surface area contributed by atoms with Crippen LogP contribution in [0.15, 0.2) is 154 Å². The first-order valence-electron chi connectivity index (χ1n) is 16.7. The maximum Gasteiger partial charge on any atom is 0.227 e. The molecule has 0 saturated carbocycles. The summed E-state index contributed by atoms with van der Waals surface area (Å²) in [6.07, 6.45) is 0. The number of hydrogen-bond donors (Lipinski definition) is 0. The maximum atomic E-state index is 6.43. The van der Waals surface area contributed by atoms with Gasteiger partial charge in [0, 0.05) is 47.8 Å². The summed E-state index contributed by atoms with van der Waals surface area (Å²) in [6, 6.07) is 49.4. The fourth-order valence-electron chi connectivity index (χ4n) is 7.21. The summed E-state index contributed by atoms with van der Waals surface area (Å²) in [4.78, 5) is 20.4. The van der Waals surface area contributed by atoms with Gasteiger partial charge in [-0.25, -0.2) is 19.9 Å². The zero-order valence-corrected chi connectivity index (χ0v) is 27.7. The Hall–Kier alpha value is -6.70. The fraction of sp³-hybridized carbons (Fsp3) is 0. The number of rotatable bonds is 4. The Morgan fingerprint density at radius 2 is 1.08 bits per heavy atom. The minimum Gasteiger partial charge on any atom is -0.456 e. The molecule has 238 valence electrons. The molecule has 7 aromatic carbocycles. The van der Waals surface area contributed by atoms with Gasteiger partial charge in [0.1, 0.15) is 16.7 Å². The van der Waals surface area contributed by atoms with E-state index in [1.54, 1.807) is 11.3 Å². The van der Waals surface area contributed by atoms with E-state index in [1.165, 1.54) is 14.8 Å². The third-order valence-corrected chi connectivity index (χ3v) is 10.7. The lowest BCUT2D eigenvalue weighted by atomic mass is 10.0. The smallest absolute Gasteiger partial charge is 0.227 e. The molecule has 0 radical (unpaired) electrons. The van der Waals surface area contributed by atoms with Crippen LogP contribution in [-0.2, 0) is 0 Å². The summed E-state index contributed by atoms with van der Waals surface area (Å²) in [5, 5.41) is 6.36. The lowest BCUT2D eigenvalue weighted by molar-refractivity contribution is 0.619. The molecule has 0 saturated heterocycles. The average Bonchev–Trinajstić information content (AvgIpc) is 3.91. The van der Waals surface area contributed by atoms with E-state index in [1.807, 2.05) is 78.9 Å². The Labute approximate surface area is 294 Å². The van der Waals surface area contributed by atoms with Crippen molar-refractivity contribution in [3.8, 4) is 45.6 Å². The topological polar surface area (TPSA) is 77.8 Å². The van der Waals surface area contributed by atoms with Crippen molar-refractivity contribution in [1.82, 2.24) is 19.9 Å². The highest BCUT2D eigenvalue weighted by molar-refractivity contribution is 7.25. The molecule has 0 N–H and O–H groups in total. The number of furan rings is 1. The lowest BCUT2D eigenvalue weighted by Gasteiger charge is -2.10. The van der Waals surface area contributed by atoms with E-state index < -0.39 is 0 Å². The second kappa shape index (κ2) is 10.9. The third-order valence-electron chi connectivity index (χ3n) is 9.57. The van der Waals surface area contributed by atoms with Crippen LogP contribution < -0.4 is 0 Å². The van der Waals surface area contributed by atoms with Crippen LogP contribution in [0.5, 0.6) is 0 Å². The second-order valence-corrected chi connectivity index (χ2v) is 13.7. The number of oxazole rings is 1. The summed E-state index contributed by atoms with van der Waals surface area (Å²) in [5.41, 5.74) is 6.73. The Bertz CT molecular complexity index is 3150. The summed E-state index contributed by atoms with van der Waals surface area (Å²) >= 11 is 1.78. The molecule has 0 atom stereocenters. The van der Waals surface area contributed by atoms with Gasteiger partial charge in [-0.1, -0.05) is 97.1 Å². The highest BCUT2D eigenvalue weighted by Crippen LogP contribution is 2.42. The van der Waals surface area contributed by atoms with Crippen molar-refractivity contribution in [3.05, 3.63) is 146 Å². The quantitative estimate of drug-likeness (QED) is 0.185. The van der Waals surface area contributed by atoms with Gasteiger partial charge in [0.15, 0.2) is 23.1 Å². The Kier molecular flexibility index (Phi) is 6.02. The van der Waals surface area contributed by atoms with Crippen LogP contribution in [0.25, 0.3) is 110 Å². The molecular weight excluding hydrogens is 649 g/mol. The SMILES string of the molecule is c1ccc(-c2nc(-c3ccc4ccc5oc6ccc7oc(-c8ccccc8)nc7c6c5c4c3)nc(-c3cccc4sc5ccccc5c34)n2)cc1. The van der Waals surface area contributed by atoms with Crippen molar-refractivity contribution >= 4 is 75.3 Å². The van der Waals surface area contributed by atoms with Crippen LogP contribution in [-0.4, -0.2) is 19.9 Å². The molecule has 4 aromatic heterocycles. The largest absolute Gasteiger partial charge is 0.456 e. The zero-order valence-electron chi connectivity index (χ0n) is 26.9. The van der Waals surface area contributed by atoms with Crippen molar-refractivity contribution in [2.24, 2.45) is 0 Å². The van der Waals surface area contributed by atoms with Gasteiger partial charge in [0.25, 0.3) is 0 Å². The Balaban J connectivity index is 1.16. The molecule has 0 bridgehead atoms. The fourth-order valence-corrected chi connectivity index (χ4v) is 8.34. The maximum absolute atomic E-state index is 6.43. The molecule has 0 aliphatic heterocycles. The summed E-state index contributed by atoms with van der Waals surface area (Å²) in [7, 11) is 0. The number of nitrogens with zero attached hydrogens (tertiary/aromatic N) is 4. The standard InChI is InChI=1S/C44H24N4O2S/c1-3-10-26(11-4-1)41-46-42(48-43(47-41)30-15-9-17-36-37(30)29-14-7-8-16-35(29)51-36)28-19-18-25-20-21-32-38(31(25)24-28)39-33(49-32)22-23-34-40(39)45-44(50-34)27-12-5-2-6-13-27/h1-24H. The van der Waals surface area contributed by atoms with Crippen LogP contribution >= 0.6 is 11.3 Å². The van der Waals surface area contributed by atoms with Crippen LogP contribution in [0.3, 0.4) is 0 Å². The monoisotopic (exact) mass is 672 g/mol. The van der Waals surface area contributed by atoms with Gasteiger partial charge < -0.3 is 8.83 Å². The van der Waals surface area contributed by atoms with E-state index in [-0.39, 0.29) is 0 Å². The first kappa shape index (κ1) is 28.2. The number of benzene rings is 7. The van der Waals surface area contributed by atoms with Crippen LogP contribution in [0.2, 0.25) is 0 Å². The molecule has 0 unspecified atom stereocenters. The molecule has 51 heavy (non-hydrogen) atoms. The van der Waals surface area contributed by atoms with Gasteiger partial charge >= 0.3 is 0 Å². The van der Waals surface area contributed by atoms with Gasteiger partial charge in [-0.3, -0.25) is 0 Å². The van der Waals surface area contributed by atoms with Crippen molar-refractivity contribution in [2.45, 2.75) is 0 Å². The predicted octanol–water partition coefficient (Wildman–Crippen LogP) is 12.1. The van der Waals surface area contributed by atoms with Gasteiger partial charge in [-0.05, 0) is 59.3 Å². The molecule has 0 aliphatic rings. The Morgan fingerprint density at radius 3 is 1.94 bits per heavy atom. The van der Waals surface area contributed by atoms with Gasteiger partial charge in [0.2, 0.25) is 5.89 Å². The van der Waals surface area contributed by atoms with E-state index >= 15 is 0 Å². The lowest BCUT2D eigenvalue weighted by Crippen LogP contribution is -2.00. The zero-order chi connectivity index (χ0) is 33.5. The molecule has 4 heterocycles. The van der Waals surface area contributed by atoms with E-state index in [0.29, 0.717) is 28.9 Å². The molecule has 0 spiro atoms. The average molecular weight is 673 g/mol. The number of fused-ring (bicyclic) bond motifs is 10. The molecule has 11 rings (SSSR count). The first-order chi connectivity index (χ1) is 25.2. The number of hydrogen-bond acceptors (Lipinski definition) is 7. The summed E-state index contributed by atoms with van der Waals surface area (Å²) in [5.74, 6) is 2.43. The minimum atomic E-state index is 0.577. The normalized spacial score (nSPS) is 11.9. The van der Waals surface area contributed by atoms with Crippen LogP contribution in [0.4, 0.5) is 0 Å². The highest BCUT2D eigenvalue weighted by atomic mass is 32.1. The van der Waals surface area contributed by atoms with E-state index in [0.717, 1.165) is 65.9 Å². The summed E-state index contributed by atoms with van der Waals surface area (Å²) in [6.45, 7) is 0.